The fourth-order valence-corrected chi connectivity index (χ4v) is 7.63. The number of hydrogen-bond donors (Lipinski definition) is 0. The molecule has 0 spiro atoms. The number of carbonyl (C=O) groups excluding carboxylic acids is 1. The summed E-state index contributed by atoms with van der Waals surface area (Å²) in [5, 5.41) is 0. The molecule has 0 saturated heterocycles. The molecule has 0 amide bonds. The number of aromatic nitrogens is 1. The molecule has 0 N–H and O–H groups in total. The molecule has 0 atom stereocenters. The molecule has 0 fully saturated rings. The van der Waals surface area contributed by atoms with Crippen molar-refractivity contribution >= 4 is 14.0 Å². The quantitative estimate of drug-likeness (QED) is 0.0405. The van der Waals surface area contributed by atoms with Crippen LogP contribution in [0.15, 0.2) is 164 Å². The number of rotatable bonds is 21. The Kier molecular flexibility index (Phi) is 15.0. The third kappa shape index (κ3) is 12.1. The molecule has 62 heavy (non-hydrogen) atoms. The average Bonchev–Trinajstić information content (AvgIpc) is 3.68. The van der Waals surface area contributed by atoms with Crippen LogP contribution in [0.1, 0.15) is 39.7 Å². The van der Waals surface area contributed by atoms with Crippen LogP contribution in [0.4, 0.5) is 0 Å². The second kappa shape index (κ2) is 21.3. The summed E-state index contributed by atoms with van der Waals surface area (Å²) in [5.41, 5.74) is 7.50. The van der Waals surface area contributed by atoms with Crippen LogP contribution in [0.3, 0.4) is 0 Å². The van der Waals surface area contributed by atoms with E-state index in [9.17, 15) is 4.79 Å². The Hall–Kier alpha value is -6.55. The highest BCUT2D eigenvalue weighted by Gasteiger charge is 2.27. The van der Waals surface area contributed by atoms with Crippen molar-refractivity contribution in [1.82, 2.24) is 4.57 Å². The van der Waals surface area contributed by atoms with Crippen molar-refractivity contribution < 1.29 is 33.2 Å². The number of hydrogen-bond acceptors (Lipinski definition) is 7. The number of esters is 1. The van der Waals surface area contributed by atoms with Gasteiger partial charge in [-0.05, 0) is 70.6 Å². The van der Waals surface area contributed by atoms with E-state index in [0.29, 0.717) is 67.3 Å². The van der Waals surface area contributed by atoms with Crippen molar-refractivity contribution in [1.29, 1.82) is 0 Å². The van der Waals surface area contributed by atoms with Gasteiger partial charge in [0.2, 0.25) is 0 Å². The van der Waals surface area contributed by atoms with Crippen molar-refractivity contribution in [3.05, 3.63) is 192 Å². The first kappa shape index (κ1) is 43.5. The Morgan fingerprint density at radius 3 is 1.39 bits per heavy atom. The molecular formula is C53H55NO7Si. The molecular weight excluding hydrogens is 791 g/mol. The number of benzene rings is 6. The SMILES string of the molecule is CCOC(=O)c1c(-c2ccc(OCc3ccccc3)c(OCc3ccccc3)c2)c(-c2ccc(OCc3ccccc3)c(OCc3ccccc3)c2)cn1COCC[Si](C)(C)C. The lowest BCUT2D eigenvalue weighted by Crippen LogP contribution is -2.22. The third-order valence-corrected chi connectivity index (χ3v) is 11.9. The van der Waals surface area contributed by atoms with Gasteiger partial charge < -0.3 is 33.0 Å². The Balaban J connectivity index is 1.34. The van der Waals surface area contributed by atoms with E-state index < -0.39 is 14.0 Å². The van der Waals surface area contributed by atoms with Gasteiger partial charge in [0.05, 0.1) is 6.61 Å². The fourth-order valence-electron chi connectivity index (χ4n) is 6.87. The van der Waals surface area contributed by atoms with Gasteiger partial charge in [-0.1, -0.05) is 153 Å². The smallest absolute Gasteiger partial charge is 0.355 e. The van der Waals surface area contributed by atoms with E-state index in [0.717, 1.165) is 45.0 Å². The van der Waals surface area contributed by atoms with Crippen LogP contribution in [0.5, 0.6) is 23.0 Å². The average molecular weight is 846 g/mol. The Labute approximate surface area is 366 Å². The molecule has 7 rings (SSSR count). The van der Waals surface area contributed by atoms with Gasteiger partial charge in [-0.15, -0.1) is 0 Å². The third-order valence-electron chi connectivity index (χ3n) is 10.2. The van der Waals surface area contributed by atoms with Crippen LogP contribution >= 0.6 is 0 Å². The van der Waals surface area contributed by atoms with Crippen LogP contribution in [-0.4, -0.2) is 31.8 Å². The molecule has 9 heteroatoms. The summed E-state index contributed by atoms with van der Waals surface area (Å²) < 4.78 is 39.9. The maximum Gasteiger partial charge on any atom is 0.355 e. The molecule has 0 bridgehead atoms. The molecule has 6 aromatic carbocycles. The molecule has 1 aromatic heterocycles. The van der Waals surface area contributed by atoms with Crippen LogP contribution in [0.25, 0.3) is 22.3 Å². The first-order valence-electron chi connectivity index (χ1n) is 21.2. The Morgan fingerprint density at radius 2 is 0.952 bits per heavy atom. The fraction of sp³-hybridized carbons (Fsp3) is 0.226. The Bertz CT molecular complexity index is 2480. The van der Waals surface area contributed by atoms with Crippen LogP contribution in [-0.2, 0) is 42.6 Å². The second-order valence-corrected chi connectivity index (χ2v) is 21.8. The van der Waals surface area contributed by atoms with Gasteiger partial charge in [0, 0.05) is 32.0 Å². The Morgan fingerprint density at radius 1 is 0.532 bits per heavy atom. The summed E-state index contributed by atoms with van der Waals surface area (Å²) in [4.78, 5) is 14.2. The van der Waals surface area contributed by atoms with Gasteiger partial charge in [-0.3, -0.25) is 0 Å². The maximum absolute atomic E-state index is 14.2. The normalized spacial score (nSPS) is 11.2. The van der Waals surface area contributed by atoms with Crippen LogP contribution in [0.2, 0.25) is 25.7 Å². The summed E-state index contributed by atoms with van der Waals surface area (Å²) >= 11 is 0. The largest absolute Gasteiger partial charge is 0.485 e. The van der Waals surface area contributed by atoms with Crippen molar-refractivity contribution in [2.75, 3.05) is 13.2 Å². The molecule has 0 unspecified atom stereocenters. The molecule has 0 saturated carbocycles. The topological polar surface area (TPSA) is 77.4 Å². The zero-order chi connectivity index (χ0) is 43.2. The first-order chi connectivity index (χ1) is 30.2. The molecule has 318 valence electrons. The highest BCUT2D eigenvalue weighted by Crippen LogP contribution is 2.43. The van der Waals surface area contributed by atoms with E-state index in [2.05, 4.69) is 19.6 Å². The standard InChI is InChI=1S/C53H55NO7Si/c1-5-57-53(55)52-51(45-27-29-48(59-36-41-20-12-7-13-21-41)50(33-45)61-38-43-24-16-9-17-25-43)46(34-54(52)39-56-30-31-62(2,3)4)44-26-28-47(58-35-40-18-10-6-11-19-40)49(32-44)60-37-42-22-14-8-15-23-42/h6-29,32-34H,5,30-31,35-39H2,1-4H3. The molecule has 0 aliphatic carbocycles. The van der Waals surface area contributed by atoms with E-state index in [-0.39, 0.29) is 13.3 Å². The molecule has 7 aromatic rings. The monoisotopic (exact) mass is 845 g/mol. The number of carbonyl (C=O) groups is 1. The van der Waals surface area contributed by atoms with E-state index >= 15 is 0 Å². The lowest BCUT2D eigenvalue weighted by Gasteiger charge is -2.17. The summed E-state index contributed by atoms with van der Waals surface area (Å²) in [6.07, 6.45) is 1.97. The van der Waals surface area contributed by atoms with Crippen LogP contribution in [0, 0.1) is 0 Å². The van der Waals surface area contributed by atoms with Crippen molar-refractivity contribution in [2.45, 2.75) is 65.8 Å². The van der Waals surface area contributed by atoms with Gasteiger partial charge >= 0.3 is 5.97 Å². The minimum absolute atomic E-state index is 0.164. The molecule has 0 aliphatic heterocycles. The lowest BCUT2D eigenvalue weighted by molar-refractivity contribution is 0.0474. The summed E-state index contributed by atoms with van der Waals surface area (Å²) in [6, 6.07) is 52.9. The van der Waals surface area contributed by atoms with Gasteiger partial charge in [0.25, 0.3) is 0 Å². The van der Waals surface area contributed by atoms with E-state index in [1.54, 1.807) is 0 Å². The molecule has 1 heterocycles. The highest BCUT2D eigenvalue weighted by molar-refractivity contribution is 6.76. The van der Waals surface area contributed by atoms with E-state index in [4.69, 9.17) is 28.4 Å². The number of nitrogens with zero attached hydrogens (tertiary/aromatic N) is 1. The van der Waals surface area contributed by atoms with Gasteiger partial charge in [0.15, 0.2) is 23.0 Å². The molecule has 0 aliphatic rings. The van der Waals surface area contributed by atoms with Gasteiger partial charge in [0.1, 0.15) is 38.9 Å². The highest BCUT2D eigenvalue weighted by atomic mass is 28.3. The van der Waals surface area contributed by atoms with Crippen molar-refractivity contribution in [2.24, 2.45) is 0 Å². The van der Waals surface area contributed by atoms with Crippen LogP contribution < -0.4 is 18.9 Å². The van der Waals surface area contributed by atoms with Crippen molar-refractivity contribution in [3.63, 3.8) is 0 Å². The van der Waals surface area contributed by atoms with Gasteiger partial charge in [-0.2, -0.15) is 0 Å². The van der Waals surface area contributed by atoms with E-state index in [1.807, 2.05) is 175 Å². The molecule has 0 radical (unpaired) electrons. The zero-order valence-electron chi connectivity index (χ0n) is 36.1. The van der Waals surface area contributed by atoms with E-state index in [1.165, 1.54) is 0 Å². The minimum atomic E-state index is -1.38. The zero-order valence-corrected chi connectivity index (χ0v) is 37.1. The first-order valence-corrected chi connectivity index (χ1v) is 24.9. The predicted octanol–water partition coefficient (Wildman–Crippen LogP) is 12.6. The summed E-state index contributed by atoms with van der Waals surface area (Å²) in [5.74, 6) is 1.84. The lowest BCUT2D eigenvalue weighted by atomic mass is 9.96. The minimum Gasteiger partial charge on any atom is -0.485 e. The molecule has 8 nitrogen and oxygen atoms in total. The maximum atomic E-state index is 14.2. The second-order valence-electron chi connectivity index (χ2n) is 16.2. The number of ether oxygens (including phenoxy) is 6. The van der Waals surface area contributed by atoms with Gasteiger partial charge in [-0.25, -0.2) is 4.79 Å². The predicted molar refractivity (Wildman–Crippen MR) is 248 cm³/mol. The van der Waals surface area contributed by atoms with Crippen molar-refractivity contribution in [3.8, 4) is 45.3 Å². The summed E-state index contributed by atoms with van der Waals surface area (Å²) in [7, 11) is -1.38. The summed E-state index contributed by atoms with van der Waals surface area (Å²) in [6.45, 7) is 11.1.